The minimum Gasteiger partial charge on any atom is -0.467 e. The Morgan fingerprint density at radius 3 is 3.07 bits per heavy atom. The number of nitrogens with two attached hydrogens (primary N) is 1. The molecule has 0 saturated carbocycles. The van der Waals surface area contributed by atoms with E-state index in [0.29, 0.717) is 12.4 Å². The van der Waals surface area contributed by atoms with Crippen LogP contribution in [-0.2, 0) is 6.54 Å². The van der Waals surface area contributed by atoms with Crippen molar-refractivity contribution >= 4 is 11.5 Å². The summed E-state index contributed by atoms with van der Waals surface area (Å²) in [6.07, 6.45) is 3.35. The molecule has 2 rings (SSSR count). The molecule has 0 unspecified atom stereocenters. The molecule has 2 heterocycles. The molecule has 0 aliphatic heterocycles. The zero-order valence-electron chi connectivity index (χ0n) is 7.90. The summed E-state index contributed by atoms with van der Waals surface area (Å²) in [6.45, 7) is 0.677. The van der Waals surface area contributed by atoms with E-state index in [4.69, 9.17) is 10.2 Å². The predicted octanol–water partition coefficient (Wildman–Crippen LogP) is 1.22. The molecule has 74 valence electrons. The van der Waals surface area contributed by atoms with E-state index in [1.54, 1.807) is 12.5 Å². The normalized spacial score (nSPS) is 10.4. The first kappa shape index (κ1) is 8.68. The number of H-pyrrole nitrogens is 1. The van der Waals surface area contributed by atoms with Crippen molar-refractivity contribution in [3.63, 3.8) is 0 Å². The molecule has 5 heteroatoms. The van der Waals surface area contributed by atoms with Crippen LogP contribution in [-0.4, -0.2) is 17.2 Å². The number of aromatic nitrogens is 2. The second-order valence-corrected chi connectivity index (χ2v) is 3.10. The Balaban J connectivity index is 2.10. The van der Waals surface area contributed by atoms with Gasteiger partial charge in [0.2, 0.25) is 0 Å². The average molecular weight is 192 g/mol. The second-order valence-electron chi connectivity index (χ2n) is 3.10. The molecule has 0 spiro atoms. The van der Waals surface area contributed by atoms with E-state index in [9.17, 15) is 0 Å². The largest absolute Gasteiger partial charge is 0.467 e. The van der Waals surface area contributed by atoms with E-state index in [1.807, 2.05) is 24.1 Å². The van der Waals surface area contributed by atoms with Gasteiger partial charge in [-0.2, -0.15) is 5.10 Å². The van der Waals surface area contributed by atoms with E-state index < -0.39 is 0 Å². The van der Waals surface area contributed by atoms with Crippen LogP contribution in [0.25, 0.3) is 0 Å². The van der Waals surface area contributed by atoms with Gasteiger partial charge >= 0.3 is 0 Å². The maximum atomic E-state index is 5.68. The van der Waals surface area contributed by atoms with Crippen molar-refractivity contribution in [3.8, 4) is 0 Å². The van der Waals surface area contributed by atoms with Gasteiger partial charge < -0.3 is 15.1 Å². The monoisotopic (exact) mass is 192 g/mol. The first-order valence-electron chi connectivity index (χ1n) is 4.29. The molecule has 0 aromatic carbocycles. The van der Waals surface area contributed by atoms with Crippen molar-refractivity contribution in [2.45, 2.75) is 6.54 Å². The molecule has 0 bridgehead atoms. The number of furan rings is 1. The van der Waals surface area contributed by atoms with Crippen LogP contribution in [0.2, 0.25) is 0 Å². The van der Waals surface area contributed by atoms with Gasteiger partial charge in [-0.3, -0.25) is 5.10 Å². The minimum absolute atomic E-state index is 0.569. The lowest BCUT2D eigenvalue weighted by molar-refractivity contribution is 0.507. The third-order valence-electron chi connectivity index (χ3n) is 2.03. The number of rotatable bonds is 3. The number of hydrogen-bond donors (Lipinski definition) is 2. The molecule has 0 radical (unpaired) electrons. The highest BCUT2D eigenvalue weighted by Gasteiger charge is 2.08. The molecular formula is C9H12N4O. The van der Waals surface area contributed by atoms with Crippen molar-refractivity contribution < 1.29 is 4.42 Å². The van der Waals surface area contributed by atoms with E-state index in [1.165, 1.54) is 0 Å². The highest BCUT2D eigenvalue weighted by Crippen LogP contribution is 2.19. The summed E-state index contributed by atoms with van der Waals surface area (Å²) < 4.78 is 5.23. The Hall–Kier alpha value is -1.91. The molecule has 14 heavy (non-hydrogen) atoms. The van der Waals surface area contributed by atoms with E-state index in [0.717, 1.165) is 11.4 Å². The van der Waals surface area contributed by atoms with Crippen molar-refractivity contribution in [2.24, 2.45) is 0 Å². The van der Waals surface area contributed by atoms with Crippen LogP contribution in [0, 0.1) is 0 Å². The quantitative estimate of drug-likeness (QED) is 0.767. The Morgan fingerprint density at radius 2 is 2.50 bits per heavy atom. The van der Waals surface area contributed by atoms with Gasteiger partial charge in [0.05, 0.1) is 24.7 Å². The lowest BCUT2D eigenvalue weighted by Gasteiger charge is -2.15. The number of anilines is 2. The van der Waals surface area contributed by atoms with Gasteiger partial charge in [0.15, 0.2) is 0 Å². The fourth-order valence-corrected chi connectivity index (χ4v) is 1.32. The van der Waals surface area contributed by atoms with E-state index in [2.05, 4.69) is 10.2 Å². The van der Waals surface area contributed by atoms with Crippen LogP contribution >= 0.6 is 0 Å². The summed E-state index contributed by atoms with van der Waals surface area (Å²) >= 11 is 0. The van der Waals surface area contributed by atoms with Gasteiger partial charge in [-0.1, -0.05) is 0 Å². The lowest BCUT2D eigenvalue weighted by Crippen LogP contribution is -2.16. The van der Waals surface area contributed by atoms with Crippen LogP contribution in [0.4, 0.5) is 11.5 Å². The Morgan fingerprint density at radius 1 is 1.64 bits per heavy atom. The van der Waals surface area contributed by atoms with Crippen molar-refractivity contribution in [1.29, 1.82) is 0 Å². The van der Waals surface area contributed by atoms with Gasteiger partial charge in [0.25, 0.3) is 0 Å². The molecule has 0 aliphatic carbocycles. The average Bonchev–Trinajstić information content (AvgIpc) is 2.75. The minimum atomic E-state index is 0.569. The van der Waals surface area contributed by atoms with Gasteiger partial charge in [-0.25, -0.2) is 0 Å². The number of aromatic amines is 1. The molecule has 0 fully saturated rings. The van der Waals surface area contributed by atoms with Gasteiger partial charge in [0, 0.05) is 7.05 Å². The van der Waals surface area contributed by atoms with Gasteiger partial charge in [-0.05, 0) is 12.1 Å². The maximum absolute atomic E-state index is 5.68. The van der Waals surface area contributed by atoms with Gasteiger partial charge in [0.1, 0.15) is 11.6 Å². The summed E-state index contributed by atoms with van der Waals surface area (Å²) in [5.41, 5.74) is 6.56. The molecule has 0 saturated heterocycles. The van der Waals surface area contributed by atoms with E-state index >= 15 is 0 Å². The molecule has 2 aromatic rings. The first-order chi connectivity index (χ1) is 6.77. The van der Waals surface area contributed by atoms with Crippen molar-refractivity contribution in [3.05, 3.63) is 30.4 Å². The second kappa shape index (κ2) is 3.45. The summed E-state index contributed by atoms with van der Waals surface area (Å²) in [5.74, 6) is 1.46. The highest BCUT2D eigenvalue weighted by molar-refractivity contribution is 5.61. The third kappa shape index (κ3) is 1.56. The maximum Gasteiger partial charge on any atom is 0.142 e. The Kier molecular flexibility index (Phi) is 2.14. The third-order valence-corrected chi connectivity index (χ3v) is 2.03. The lowest BCUT2D eigenvalue weighted by atomic mass is 10.4. The fraction of sp³-hybridized carbons (Fsp3) is 0.222. The van der Waals surface area contributed by atoms with Crippen LogP contribution in [0.1, 0.15) is 5.76 Å². The fourth-order valence-electron chi connectivity index (χ4n) is 1.32. The Bertz CT molecular complexity index is 393. The predicted molar refractivity (Wildman–Crippen MR) is 53.8 cm³/mol. The summed E-state index contributed by atoms with van der Waals surface area (Å²) in [5, 5.41) is 6.53. The SMILES string of the molecule is CN(Cc1ccco1)c1cn[nH]c1N. The molecule has 2 aromatic heterocycles. The summed E-state index contributed by atoms with van der Waals surface area (Å²) in [7, 11) is 1.93. The van der Waals surface area contributed by atoms with Crippen molar-refractivity contribution in [2.75, 3.05) is 17.7 Å². The Labute approximate surface area is 81.5 Å². The summed E-state index contributed by atoms with van der Waals surface area (Å²) in [4.78, 5) is 1.97. The van der Waals surface area contributed by atoms with Crippen LogP contribution in [0.3, 0.4) is 0 Å². The summed E-state index contributed by atoms with van der Waals surface area (Å²) in [6, 6.07) is 3.79. The number of nitrogen functional groups attached to an aromatic ring is 1. The number of hydrogen-bond acceptors (Lipinski definition) is 4. The first-order valence-corrected chi connectivity index (χ1v) is 4.29. The zero-order chi connectivity index (χ0) is 9.97. The van der Waals surface area contributed by atoms with E-state index in [-0.39, 0.29) is 0 Å². The van der Waals surface area contributed by atoms with Gasteiger partial charge in [-0.15, -0.1) is 0 Å². The number of nitrogens with zero attached hydrogens (tertiary/aromatic N) is 2. The standard InChI is InChI=1S/C9H12N4O/c1-13(6-7-3-2-4-14-7)8-5-11-12-9(8)10/h2-5H,6H2,1H3,(H3,10,11,12). The zero-order valence-corrected chi connectivity index (χ0v) is 7.90. The number of nitrogens with one attached hydrogen (secondary N) is 1. The molecule has 0 aliphatic rings. The highest BCUT2D eigenvalue weighted by atomic mass is 16.3. The topological polar surface area (TPSA) is 71.1 Å². The molecule has 0 atom stereocenters. The molecule has 3 N–H and O–H groups in total. The molecule has 0 amide bonds. The molecular weight excluding hydrogens is 180 g/mol. The van der Waals surface area contributed by atoms with Crippen LogP contribution < -0.4 is 10.6 Å². The van der Waals surface area contributed by atoms with Crippen molar-refractivity contribution in [1.82, 2.24) is 10.2 Å². The molecule has 5 nitrogen and oxygen atoms in total. The smallest absolute Gasteiger partial charge is 0.142 e. The van der Waals surface area contributed by atoms with Crippen LogP contribution in [0.15, 0.2) is 29.0 Å². The van der Waals surface area contributed by atoms with Crippen LogP contribution in [0.5, 0.6) is 0 Å².